The number of hydrogen-bond donors (Lipinski definition) is 0. The van der Waals surface area contributed by atoms with Crippen molar-refractivity contribution in [2.45, 2.75) is 57.6 Å². The van der Waals surface area contributed by atoms with Gasteiger partial charge < -0.3 is 14.0 Å². The first kappa shape index (κ1) is 17.1. The fraction of sp³-hybridized carbons (Fsp3) is 0.556. The van der Waals surface area contributed by atoms with Crippen LogP contribution in [0.5, 0.6) is 5.75 Å². The van der Waals surface area contributed by atoms with Crippen LogP contribution in [0.2, 0.25) is 6.32 Å². The van der Waals surface area contributed by atoms with Crippen LogP contribution >= 0.6 is 0 Å². The van der Waals surface area contributed by atoms with Crippen LogP contribution in [0.3, 0.4) is 0 Å². The van der Waals surface area contributed by atoms with E-state index in [-0.39, 0.29) is 24.2 Å². The molecule has 0 aliphatic carbocycles. The van der Waals surface area contributed by atoms with Crippen molar-refractivity contribution in [3.63, 3.8) is 0 Å². The van der Waals surface area contributed by atoms with E-state index in [1.165, 1.54) is 5.56 Å². The summed E-state index contributed by atoms with van der Waals surface area (Å²) in [6, 6.07) is 8.13. The second kappa shape index (κ2) is 6.47. The van der Waals surface area contributed by atoms with Gasteiger partial charge in [-0.25, -0.2) is 0 Å². The molecule has 2 rings (SSSR count). The molecule has 1 saturated heterocycles. The number of benzene rings is 1. The number of para-hydroxylation sites is 1. The van der Waals surface area contributed by atoms with Crippen molar-refractivity contribution in [1.29, 1.82) is 0 Å². The first-order valence-electron chi connectivity index (χ1n) is 7.90. The third-order valence-electron chi connectivity index (χ3n) is 4.81. The van der Waals surface area contributed by atoms with E-state index in [4.69, 9.17) is 14.0 Å². The molecule has 0 spiro atoms. The van der Waals surface area contributed by atoms with Crippen LogP contribution in [0.1, 0.15) is 45.6 Å². The Bertz CT molecular complexity index is 509. The van der Waals surface area contributed by atoms with Gasteiger partial charge in [0.2, 0.25) is 0 Å². The summed E-state index contributed by atoms with van der Waals surface area (Å²) in [5.74, 6) is 1.18. The Hall–Kier alpha value is -1.26. The van der Waals surface area contributed by atoms with Gasteiger partial charge in [0.05, 0.1) is 18.3 Å². The van der Waals surface area contributed by atoms with Crippen molar-refractivity contribution in [2.75, 3.05) is 7.11 Å². The SMILES string of the molecule is C=CC[C@@H](CB1OC(C)(C)C(C)(C)O1)c1ccccc1OC. The van der Waals surface area contributed by atoms with Crippen LogP contribution in [-0.2, 0) is 9.31 Å². The lowest BCUT2D eigenvalue weighted by molar-refractivity contribution is 0.00578. The molecule has 1 aliphatic rings. The summed E-state index contributed by atoms with van der Waals surface area (Å²) in [5, 5.41) is 0. The number of rotatable bonds is 6. The molecule has 120 valence electrons. The molecule has 1 atom stereocenters. The van der Waals surface area contributed by atoms with Gasteiger partial charge in [-0.2, -0.15) is 0 Å². The molecule has 0 aromatic heterocycles. The Labute approximate surface area is 134 Å². The van der Waals surface area contributed by atoms with E-state index in [9.17, 15) is 0 Å². The highest BCUT2D eigenvalue weighted by molar-refractivity contribution is 6.45. The maximum absolute atomic E-state index is 6.14. The number of hydrogen-bond acceptors (Lipinski definition) is 3. The summed E-state index contributed by atoms with van der Waals surface area (Å²) in [6.45, 7) is 12.2. The van der Waals surface area contributed by atoms with E-state index in [1.807, 2.05) is 24.3 Å². The van der Waals surface area contributed by atoms with E-state index in [2.05, 4.69) is 40.3 Å². The van der Waals surface area contributed by atoms with Gasteiger partial charge in [0, 0.05) is 0 Å². The molecule has 0 amide bonds. The first-order chi connectivity index (χ1) is 10.3. The Morgan fingerprint density at radius 3 is 2.32 bits per heavy atom. The minimum absolute atomic E-state index is 0.208. The molecule has 1 heterocycles. The number of allylic oxidation sites excluding steroid dienone is 1. The Morgan fingerprint density at radius 2 is 1.77 bits per heavy atom. The molecule has 22 heavy (non-hydrogen) atoms. The second-order valence-electron chi connectivity index (χ2n) is 6.88. The van der Waals surface area contributed by atoms with Crippen molar-refractivity contribution < 1.29 is 14.0 Å². The molecule has 1 aliphatic heterocycles. The van der Waals surface area contributed by atoms with Crippen LogP contribution in [0.25, 0.3) is 0 Å². The Kier molecular flexibility index (Phi) is 5.03. The van der Waals surface area contributed by atoms with Crippen molar-refractivity contribution in [3.8, 4) is 5.75 Å². The van der Waals surface area contributed by atoms with Gasteiger partial charge in [-0.1, -0.05) is 24.3 Å². The summed E-state index contributed by atoms with van der Waals surface area (Å²) < 4.78 is 17.8. The fourth-order valence-corrected chi connectivity index (χ4v) is 2.85. The lowest BCUT2D eigenvalue weighted by Crippen LogP contribution is -2.41. The number of ether oxygens (including phenoxy) is 1. The normalized spacial score (nSPS) is 20.7. The van der Waals surface area contributed by atoms with Crippen LogP contribution in [0.4, 0.5) is 0 Å². The Balaban J connectivity index is 2.19. The summed E-state index contributed by atoms with van der Waals surface area (Å²) in [5.41, 5.74) is 0.591. The second-order valence-corrected chi connectivity index (χ2v) is 6.88. The average Bonchev–Trinajstić information content (AvgIpc) is 2.66. The predicted molar refractivity (Wildman–Crippen MR) is 91.4 cm³/mol. The highest BCUT2D eigenvalue weighted by atomic mass is 16.7. The van der Waals surface area contributed by atoms with Crippen LogP contribution in [-0.4, -0.2) is 25.4 Å². The van der Waals surface area contributed by atoms with Gasteiger partial charge in [0.25, 0.3) is 0 Å². The van der Waals surface area contributed by atoms with Gasteiger partial charge in [0.15, 0.2) is 0 Å². The van der Waals surface area contributed by atoms with E-state index < -0.39 is 0 Å². The van der Waals surface area contributed by atoms with Gasteiger partial charge in [-0.3, -0.25) is 0 Å². The fourth-order valence-electron chi connectivity index (χ4n) is 2.85. The van der Waals surface area contributed by atoms with Crippen molar-refractivity contribution in [3.05, 3.63) is 42.5 Å². The minimum Gasteiger partial charge on any atom is -0.496 e. The molecule has 1 aromatic rings. The zero-order valence-corrected chi connectivity index (χ0v) is 14.4. The lowest BCUT2D eigenvalue weighted by atomic mass is 9.73. The van der Waals surface area contributed by atoms with E-state index in [0.29, 0.717) is 0 Å². The maximum Gasteiger partial charge on any atom is 0.458 e. The van der Waals surface area contributed by atoms with Gasteiger partial charge >= 0.3 is 7.12 Å². The van der Waals surface area contributed by atoms with Crippen LogP contribution in [0.15, 0.2) is 36.9 Å². The van der Waals surface area contributed by atoms with Crippen LogP contribution in [0, 0.1) is 0 Å². The van der Waals surface area contributed by atoms with Crippen LogP contribution < -0.4 is 4.74 Å². The van der Waals surface area contributed by atoms with Crippen molar-refractivity contribution in [2.24, 2.45) is 0 Å². The molecule has 1 fully saturated rings. The molecule has 0 unspecified atom stereocenters. The standard InChI is InChI=1S/C18H27BO3/c1-7-10-14(15-11-8-9-12-16(15)20-6)13-19-21-17(2,3)18(4,5)22-19/h7-9,11-12,14H,1,10,13H2,2-6H3/t14-/m0/s1. The summed E-state index contributed by atoms with van der Waals surface area (Å²) in [7, 11) is 1.50. The smallest absolute Gasteiger partial charge is 0.458 e. The summed E-state index contributed by atoms with van der Waals surface area (Å²) in [6.07, 6.45) is 3.60. The third kappa shape index (κ3) is 3.39. The molecule has 4 heteroatoms. The molecular weight excluding hydrogens is 275 g/mol. The van der Waals surface area contributed by atoms with E-state index in [1.54, 1.807) is 7.11 Å². The van der Waals surface area contributed by atoms with Gasteiger partial charge in [-0.15, -0.1) is 6.58 Å². The van der Waals surface area contributed by atoms with E-state index >= 15 is 0 Å². The lowest BCUT2D eigenvalue weighted by Gasteiger charge is -2.32. The first-order valence-corrected chi connectivity index (χ1v) is 7.90. The van der Waals surface area contributed by atoms with Gasteiger partial charge in [0.1, 0.15) is 5.75 Å². The minimum atomic E-state index is -0.294. The quantitative estimate of drug-likeness (QED) is 0.574. The molecule has 0 radical (unpaired) electrons. The highest BCUT2D eigenvalue weighted by Gasteiger charge is 2.51. The molecule has 1 aromatic carbocycles. The van der Waals surface area contributed by atoms with Crippen molar-refractivity contribution >= 4 is 7.12 Å². The zero-order chi connectivity index (χ0) is 16.4. The molecule has 0 N–H and O–H groups in total. The predicted octanol–water partition coefficient (Wildman–Crippen LogP) is 4.45. The zero-order valence-electron chi connectivity index (χ0n) is 14.4. The Morgan fingerprint density at radius 1 is 1.18 bits per heavy atom. The molecule has 0 saturated carbocycles. The number of methoxy groups -OCH3 is 1. The summed E-state index contributed by atoms with van der Waals surface area (Å²) >= 11 is 0. The molecule has 3 nitrogen and oxygen atoms in total. The van der Waals surface area contributed by atoms with E-state index in [0.717, 1.165) is 18.5 Å². The highest BCUT2D eigenvalue weighted by Crippen LogP contribution is 2.41. The molecule has 0 bridgehead atoms. The maximum atomic E-state index is 6.14. The monoisotopic (exact) mass is 302 g/mol. The van der Waals surface area contributed by atoms with Crippen molar-refractivity contribution in [1.82, 2.24) is 0 Å². The van der Waals surface area contributed by atoms with Gasteiger partial charge in [-0.05, 0) is 58.0 Å². The summed E-state index contributed by atoms with van der Waals surface area (Å²) in [4.78, 5) is 0. The average molecular weight is 302 g/mol. The largest absolute Gasteiger partial charge is 0.496 e. The molecular formula is C18H27BO3. The third-order valence-corrected chi connectivity index (χ3v) is 4.81. The topological polar surface area (TPSA) is 27.7 Å².